The summed E-state index contributed by atoms with van der Waals surface area (Å²) in [6, 6.07) is 4.47. The number of likely N-dealkylation sites (N-methyl/N-ethyl adjacent to an activating group) is 1. The zero-order chi connectivity index (χ0) is 16.8. The van der Waals surface area contributed by atoms with Gasteiger partial charge in [0.25, 0.3) is 0 Å². The van der Waals surface area contributed by atoms with Gasteiger partial charge in [0.1, 0.15) is 6.04 Å². The van der Waals surface area contributed by atoms with Crippen LogP contribution in [0.15, 0.2) is 23.1 Å². The van der Waals surface area contributed by atoms with E-state index in [1.807, 2.05) is 0 Å². The van der Waals surface area contributed by atoms with Crippen molar-refractivity contribution >= 4 is 39.3 Å². The van der Waals surface area contributed by atoms with Crippen LogP contribution in [0.4, 0.5) is 0 Å². The highest BCUT2D eigenvalue weighted by Crippen LogP contribution is 2.34. The van der Waals surface area contributed by atoms with E-state index >= 15 is 0 Å². The fraction of sp³-hybridized carbons (Fsp3) is 0.533. The molecule has 0 radical (unpaired) electrons. The smallest absolute Gasteiger partial charge is 0.244 e. The Morgan fingerprint density at radius 1 is 1.39 bits per heavy atom. The molecular weight excluding hydrogens is 356 g/mol. The van der Waals surface area contributed by atoms with Crippen molar-refractivity contribution in [3.05, 3.63) is 28.8 Å². The number of benzene rings is 1. The van der Waals surface area contributed by atoms with Crippen LogP contribution in [0.5, 0.6) is 0 Å². The lowest BCUT2D eigenvalue weighted by Gasteiger charge is -2.27. The summed E-state index contributed by atoms with van der Waals surface area (Å²) in [6.45, 7) is 1.69. The summed E-state index contributed by atoms with van der Waals surface area (Å²) < 4.78 is 27.3. The van der Waals surface area contributed by atoms with Crippen LogP contribution in [-0.4, -0.2) is 54.3 Å². The van der Waals surface area contributed by atoms with Crippen LogP contribution >= 0.6 is 23.4 Å². The van der Waals surface area contributed by atoms with Crippen LogP contribution in [0.1, 0.15) is 18.4 Å². The summed E-state index contributed by atoms with van der Waals surface area (Å²) in [5.74, 6) is 0.679. The minimum Gasteiger partial charge on any atom is -0.341 e. The number of hydrogen-bond donors (Lipinski definition) is 0. The molecule has 0 bridgehead atoms. The molecule has 0 spiro atoms. The van der Waals surface area contributed by atoms with E-state index in [4.69, 9.17) is 11.6 Å². The Bertz CT molecular complexity index is 734. The zero-order valence-electron chi connectivity index (χ0n) is 13.0. The lowest BCUT2D eigenvalue weighted by atomic mass is 10.2. The first kappa shape index (κ1) is 17.1. The summed E-state index contributed by atoms with van der Waals surface area (Å²) in [5.41, 5.74) is 0.521. The molecule has 1 aliphatic carbocycles. The first-order valence-electron chi connectivity index (χ1n) is 7.45. The van der Waals surface area contributed by atoms with Gasteiger partial charge in [0.05, 0.1) is 10.8 Å². The highest BCUT2D eigenvalue weighted by Gasteiger charge is 2.43. The predicted molar refractivity (Wildman–Crippen MR) is 92.1 cm³/mol. The van der Waals surface area contributed by atoms with E-state index in [1.54, 1.807) is 37.1 Å². The molecule has 1 atom stereocenters. The van der Waals surface area contributed by atoms with Crippen molar-refractivity contribution in [1.29, 1.82) is 0 Å². The van der Waals surface area contributed by atoms with Crippen molar-refractivity contribution in [2.24, 2.45) is 0 Å². The number of hydrogen-bond acceptors (Lipinski definition) is 4. The molecule has 3 rings (SSSR count). The van der Waals surface area contributed by atoms with E-state index in [9.17, 15) is 13.2 Å². The first-order valence-corrected chi connectivity index (χ1v) is 10.4. The van der Waals surface area contributed by atoms with Crippen LogP contribution in [0.25, 0.3) is 0 Å². The quantitative estimate of drug-likeness (QED) is 0.811. The lowest BCUT2D eigenvalue weighted by molar-refractivity contribution is -0.133. The molecule has 1 unspecified atom stereocenters. The van der Waals surface area contributed by atoms with Crippen molar-refractivity contribution < 1.29 is 13.2 Å². The molecule has 1 saturated carbocycles. The maximum atomic E-state index is 13.0. The van der Waals surface area contributed by atoms with Crippen molar-refractivity contribution in [2.75, 3.05) is 18.7 Å². The van der Waals surface area contributed by atoms with Gasteiger partial charge in [0.2, 0.25) is 15.9 Å². The number of rotatable bonds is 4. The highest BCUT2D eigenvalue weighted by molar-refractivity contribution is 8.00. The molecule has 2 fully saturated rings. The van der Waals surface area contributed by atoms with Gasteiger partial charge >= 0.3 is 0 Å². The Hall–Kier alpha value is -0.760. The fourth-order valence-corrected chi connectivity index (χ4v) is 6.34. The number of amides is 1. The van der Waals surface area contributed by atoms with Gasteiger partial charge in [-0.05, 0) is 37.5 Å². The zero-order valence-corrected chi connectivity index (χ0v) is 15.4. The lowest BCUT2D eigenvalue weighted by Crippen LogP contribution is -2.48. The Kier molecular flexibility index (Phi) is 4.66. The second kappa shape index (κ2) is 6.27. The van der Waals surface area contributed by atoms with Crippen molar-refractivity contribution in [2.45, 2.75) is 36.7 Å². The third-order valence-electron chi connectivity index (χ3n) is 4.37. The van der Waals surface area contributed by atoms with E-state index in [0.717, 1.165) is 12.8 Å². The third-order valence-corrected chi connectivity index (χ3v) is 7.96. The molecule has 0 N–H and O–H groups in total. The molecule has 1 heterocycles. The molecule has 1 saturated heterocycles. The molecule has 1 aromatic carbocycles. The highest BCUT2D eigenvalue weighted by atomic mass is 35.5. The normalized spacial score (nSPS) is 22.3. The van der Waals surface area contributed by atoms with Crippen molar-refractivity contribution in [3.63, 3.8) is 0 Å². The van der Waals surface area contributed by atoms with Gasteiger partial charge in [0.15, 0.2) is 0 Å². The minimum absolute atomic E-state index is 0.110. The number of halogens is 1. The van der Waals surface area contributed by atoms with E-state index in [1.165, 1.54) is 16.1 Å². The summed E-state index contributed by atoms with van der Waals surface area (Å²) in [6.07, 6.45) is 2.00. The van der Waals surface area contributed by atoms with E-state index in [2.05, 4.69) is 0 Å². The summed E-state index contributed by atoms with van der Waals surface area (Å²) in [7, 11) is -1.98. The summed E-state index contributed by atoms with van der Waals surface area (Å²) >= 11 is 7.53. The maximum absolute atomic E-state index is 13.0. The van der Waals surface area contributed by atoms with Gasteiger partial charge in [-0.25, -0.2) is 8.42 Å². The average molecular weight is 375 g/mol. The van der Waals surface area contributed by atoms with Crippen LogP contribution < -0.4 is 0 Å². The molecule has 126 valence electrons. The average Bonchev–Trinajstić information content (AvgIpc) is 3.24. The number of sulfonamides is 1. The number of carbonyl (C=O) groups excluding carboxylic acids is 1. The van der Waals surface area contributed by atoms with Crippen LogP contribution in [0.3, 0.4) is 0 Å². The number of thioether (sulfide) groups is 1. The molecule has 5 nitrogen and oxygen atoms in total. The SMILES string of the molecule is Cc1c(Cl)cccc1S(=O)(=O)N1CSCC1C(=O)N(C)C1CC1. The standard InChI is InChI=1S/C15H19ClN2O3S2/c1-10-12(16)4-3-5-14(10)23(20,21)18-9-22-8-13(18)15(19)17(2)11-6-7-11/h3-5,11,13H,6-9H2,1-2H3. The van der Waals surface area contributed by atoms with Gasteiger partial charge < -0.3 is 4.90 Å². The van der Waals surface area contributed by atoms with Crippen LogP contribution in [0.2, 0.25) is 5.02 Å². The van der Waals surface area contributed by atoms with Gasteiger partial charge in [-0.3, -0.25) is 4.79 Å². The first-order chi connectivity index (χ1) is 10.8. The minimum atomic E-state index is -3.74. The van der Waals surface area contributed by atoms with Gasteiger partial charge in [-0.1, -0.05) is 17.7 Å². The van der Waals surface area contributed by atoms with Gasteiger partial charge in [-0.2, -0.15) is 4.31 Å². The van der Waals surface area contributed by atoms with Gasteiger partial charge in [-0.15, -0.1) is 11.8 Å². The van der Waals surface area contributed by atoms with Crippen molar-refractivity contribution in [1.82, 2.24) is 9.21 Å². The molecular formula is C15H19ClN2O3S2. The van der Waals surface area contributed by atoms with E-state index in [-0.39, 0.29) is 16.8 Å². The van der Waals surface area contributed by atoms with Gasteiger partial charge in [0, 0.05) is 23.9 Å². The number of carbonyl (C=O) groups is 1. The molecule has 1 amide bonds. The molecule has 23 heavy (non-hydrogen) atoms. The van der Waals surface area contributed by atoms with E-state index < -0.39 is 16.1 Å². The topological polar surface area (TPSA) is 57.7 Å². The van der Waals surface area contributed by atoms with E-state index in [0.29, 0.717) is 22.2 Å². The predicted octanol–water partition coefficient (Wildman–Crippen LogP) is 2.33. The summed E-state index contributed by atoms with van der Waals surface area (Å²) in [5, 5.41) is 0.413. The second-order valence-corrected chi connectivity index (χ2v) is 9.22. The Morgan fingerprint density at radius 3 is 2.74 bits per heavy atom. The Balaban J connectivity index is 1.92. The summed E-state index contributed by atoms with van der Waals surface area (Å²) in [4.78, 5) is 14.5. The monoisotopic (exact) mass is 374 g/mol. The third kappa shape index (κ3) is 3.12. The van der Waals surface area contributed by atoms with Crippen molar-refractivity contribution in [3.8, 4) is 0 Å². The molecule has 1 aliphatic heterocycles. The maximum Gasteiger partial charge on any atom is 0.244 e. The van der Waals surface area contributed by atoms with Crippen LogP contribution in [0, 0.1) is 6.92 Å². The molecule has 2 aliphatic rings. The Labute approximate surface area is 146 Å². The molecule has 0 aromatic heterocycles. The second-order valence-electron chi connectivity index (χ2n) is 5.95. The molecule has 8 heteroatoms. The number of nitrogens with zero attached hydrogens (tertiary/aromatic N) is 2. The fourth-order valence-electron chi connectivity index (χ4n) is 2.73. The Morgan fingerprint density at radius 2 is 2.09 bits per heavy atom. The van der Waals surface area contributed by atoms with Crippen LogP contribution in [-0.2, 0) is 14.8 Å². The molecule has 1 aromatic rings. The largest absolute Gasteiger partial charge is 0.341 e.